The number of urea groups is 1. The van der Waals surface area contributed by atoms with Crippen LogP contribution in [0, 0.1) is 6.92 Å². The topological polar surface area (TPSA) is 87.7 Å². The number of hydrogen-bond donors (Lipinski definition) is 2. The average molecular weight is 402 g/mol. The molecule has 0 saturated carbocycles. The second-order valence-corrected chi connectivity index (χ2v) is 7.07. The van der Waals surface area contributed by atoms with Crippen LogP contribution in [0.25, 0.3) is 0 Å². The number of carbonyl (C=O) groups excluding carboxylic acids is 3. The van der Waals surface area contributed by atoms with Crippen molar-refractivity contribution in [2.75, 3.05) is 19.0 Å². The van der Waals surface area contributed by atoms with E-state index in [2.05, 4.69) is 10.6 Å². The third-order valence-corrected chi connectivity index (χ3v) is 5.09. The second kappa shape index (κ2) is 7.52. The fourth-order valence-corrected chi connectivity index (χ4v) is 3.22. The Morgan fingerprint density at radius 2 is 1.93 bits per heavy atom. The molecular formula is C20H20ClN3O4. The lowest BCUT2D eigenvalue weighted by atomic mass is 9.92. The van der Waals surface area contributed by atoms with Crippen molar-refractivity contribution in [3.63, 3.8) is 0 Å². The van der Waals surface area contributed by atoms with Gasteiger partial charge in [0.1, 0.15) is 17.8 Å². The molecule has 1 aliphatic heterocycles. The van der Waals surface area contributed by atoms with E-state index in [1.54, 1.807) is 50.2 Å². The minimum absolute atomic E-state index is 0.385. The molecule has 1 atom stereocenters. The first-order chi connectivity index (χ1) is 13.3. The lowest BCUT2D eigenvalue weighted by Gasteiger charge is -2.22. The van der Waals surface area contributed by atoms with Crippen LogP contribution in [0.2, 0.25) is 5.02 Å². The number of aryl methyl sites for hydroxylation is 1. The van der Waals surface area contributed by atoms with Gasteiger partial charge in [-0.3, -0.25) is 14.5 Å². The number of halogens is 1. The number of ether oxygens (including phenoxy) is 1. The van der Waals surface area contributed by atoms with E-state index in [9.17, 15) is 14.4 Å². The van der Waals surface area contributed by atoms with Crippen molar-refractivity contribution in [1.29, 1.82) is 0 Å². The minimum atomic E-state index is -1.22. The maximum atomic E-state index is 12.9. The van der Waals surface area contributed by atoms with Gasteiger partial charge in [-0.25, -0.2) is 4.79 Å². The van der Waals surface area contributed by atoms with Crippen LogP contribution in [0.4, 0.5) is 10.5 Å². The van der Waals surface area contributed by atoms with Gasteiger partial charge in [0.15, 0.2) is 0 Å². The molecule has 146 valence electrons. The minimum Gasteiger partial charge on any atom is -0.495 e. The Kier molecular flexibility index (Phi) is 5.29. The lowest BCUT2D eigenvalue weighted by molar-refractivity contribution is -0.133. The molecule has 2 aromatic carbocycles. The number of nitrogens with one attached hydrogen (secondary N) is 2. The molecule has 3 rings (SSSR count). The van der Waals surface area contributed by atoms with Crippen LogP contribution in [0.1, 0.15) is 18.1 Å². The number of amides is 4. The third-order valence-electron chi connectivity index (χ3n) is 4.68. The van der Waals surface area contributed by atoms with E-state index in [1.165, 1.54) is 7.11 Å². The molecule has 2 aromatic rings. The van der Waals surface area contributed by atoms with Crippen molar-refractivity contribution in [3.8, 4) is 5.75 Å². The Morgan fingerprint density at radius 3 is 2.57 bits per heavy atom. The first-order valence-electron chi connectivity index (χ1n) is 8.60. The number of anilines is 1. The van der Waals surface area contributed by atoms with Crippen LogP contribution in [0.5, 0.6) is 5.75 Å². The highest BCUT2D eigenvalue weighted by atomic mass is 35.5. The molecule has 7 nitrogen and oxygen atoms in total. The fourth-order valence-electron chi connectivity index (χ4n) is 3.07. The van der Waals surface area contributed by atoms with Crippen LogP contribution in [0.3, 0.4) is 0 Å². The summed E-state index contributed by atoms with van der Waals surface area (Å²) in [5.74, 6) is -0.630. The Labute approximate surface area is 167 Å². The van der Waals surface area contributed by atoms with E-state index in [4.69, 9.17) is 16.3 Å². The van der Waals surface area contributed by atoms with Gasteiger partial charge >= 0.3 is 6.03 Å². The van der Waals surface area contributed by atoms with Gasteiger partial charge in [-0.05, 0) is 31.0 Å². The summed E-state index contributed by atoms with van der Waals surface area (Å²) >= 11 is 6.07. The molecule has 1 heterocycles. The summed E-state index contributed by atoms with van der Waals surface area (Å²) in [6.45, 7) is 2.99. The quantitative estimate of drug-likeness (QED) is 0.754. The van der Waals surface area contributed by atoms with Crippen LogP contribution < -0.4 is 15.4 Å². The van der Waals surface area contributed by atoms with Crippen molar-refractivity contribution in [3.05, 3.63) is 58.6 Å². The second-order valence-electron chi connectivity index (χ2n) is 6.66. The highest BCUT2D eigenvalue weighted by Gasteiger charge is 2.49. The maximum Gasteiger partial charge on any atom is 0.325 e. The molecule has 8 heteroatoms. The largest absolute Gasteiger partial charge is 0.495 e. The zero-order valence-corrected chi connectivity index (χ0v) is 16.5. The molecule has 28 heavy (non-hydrogen) atoms. The molecule has 0 bridgehead atoms. The maximum absolute atomic E-state index is 12.9. The van der Waals surface area contributed by atoms with Crippen LogP contribution in [-0.2, 0) is 15.1 Å². The summed E-state index contributed by atoms with van der Waals surface area (Å²) in [4.78, 5) is 38.6. The zero-order valence-electron chi connectivity index (χ0n) is 15.7. The standard InChI is InChI=1S/C20H20ClN3O4/c1-12-9-15(16(28-3)10-14(12)21)22-17(25)11-24-18(26)20(2,23-19(24)27)13-7-5-4-6-8-13/h4-10H,11H2,1-3H3,(H,22,25)(H,23,27)/t20-/m0/s1. The summed E-state index contributed by atoms with van der Waals surface area (Å²) < 4.78 is 5.23. The van der Waals surface area contributed by atoms with Crippen molar-refractivity contribution in [2.45, 2.75) is 19.4 Å². The highest BCUT2D eigenvalue weighted by molar-refractivity contribution is 6.31. The van der Waals surface area contributed by atoms with Gasteiger partial charge in [0, 0.05) is 11.1 Å². The molecule has 4 amide bonds. The van der Waals surface area contributed by atoms with E-state index < -0.39 is 29.9 Å². The molecule has 1 saturated heterocycles. The van der Waals surface area contributed by atoms with Crippen molar-refractivity contribution < 1.29 is 19.1 Å². The van der Waals surface area contributed by atoms with Crippen molar-refractivity contribution in [1.82, 2.24) is 10.2 Å². The molecule has 1 aliphatic rings. The Balaban J connectivity index is 1.77. The predicted octanol–water partition coefficient (Wildman–Crippen LogP) is 3.06. The Bertz CT molecular complexity index is 948. The summed E-state index contributed by atoms with van der Waals surface area (Å²) in [5.41, 5.74) is 0.593. The molecular weight excluding hydrogens is 382 g/mol. The molecule has 1 fully saturated rings. The van der Waals surface area contributed by atoms with Gasteiger partial charge in [0.25, 0.3) is 5.91 Å². The smallest absolute Gasteiger partial charge is 0.325 e. The predicted molar refractivity (Wildman–Crippen MR) is 105 cm³/mol. The van der Waals surface area contributed by atoms with E-state index >= 15 is 0 Å². The van der Waals surface area contributed by atoms with E-state index in [-0.39, 0.29) is 0 Å². The average Bonchev–Trinajstić information content (AvgIpc) is 2.89. The van der Waals surface area contributed by atoms with Crippen LogP contribution in [0.15, 0.2) is 42.5 Å². The number of hydrogen-bond acceptors (Lipinski definition) is 4. The zero-order chi connectivity index (χ0) is 20.5. The van der Waals surface area contributed by atoms with Gasteiger partial charge < -0.3 is 15.4 Å². The summed E-state index contributed by atoms with van der Waals surface area (Å²) in [5, 5.41) is 5.84. The lowest BCUT2D eigenvalue weighted by Crippen LogP contribution is -2.42. The van der Waals surface area contributed by atoms with Gasteiger partial charge in [-0.15, -0.1) is 0 Å². The van der Waals surface area contributed by atoms with Gasteiger partial charge in [0.05, 0.1) is 12.8 Å². The van der Waals surface area contributed by atoms with Crippen molar-refractivity contribution in [2.24, 2.45) is 0 Å². The van der Waals surface area contributed by atoms with E-state index in [0.29, 0.717) is 22.0 Å². The summed E-state index contributed by atoms with van der Waals surface area (Å²) in [6, 6.07) is 11.5. The molecule has 0 aromatic heterocycles. The molecule has 0 spiro atoms. The molecule has 0 unspecified atom stereocenters. The Morgan fingerprint density at radius 1 is 1.25 bits per heavy atom. The number of methoxy groups -OCH3 is 1. The van der Waals surface area contributed by atoms with Gasteiger partial charge in [0.2, 0.25) is 5.91 Å². The number of carbonyl (C=O) groups is 3. The summed E-state index contributed by atoms with van der Waals surface area (Å²) in [7, 11) is 1.46. The fraction of sp³-hybridized carbons (Fsp3) is 0.250. The van der Waals surface area contributed by atoms with Crippen LogP contribution in [-0.4, -0.2) is 36.4 Å². The van der Waals surface area contributed by atoms with Gasteiger partial charge in [-0.1, -0.05) is 41.9 Å². The van der Waals surface area contributed by atoms with Crippen molar-refractivity contribution >= 4 is 35.1 Å². The molecule has 2 N–H and O–H groups in total. The first kappa shape index (κ1) is 19.7. The summed E-state index contributed by atoms with van der Waals surface area (Å²) in [6.07, 6.45) is 0. The molecule has 0 aliphatic carbocycles. The number of rotatable bonds is 5. The third kappa shape index (κ3) is 3.53. The number of benzene rings is 2. The van der Waals surface area contributed by atoms with E-state index in [0.717, 1.165) is 10.5 Å². The normalized spacial score (nSPS) is 18.8. The first-order valence-corrected chi connectivity index (χ1v) is 8.97. The Hall–Kier alpha value is -3.06. The van der Waals surface area contributed by atoms with E-state index in [1.807, 2.05) is 6.07 Å². The van der Waals surface area contributed by atoms with Crippen LogP contribution >= 0.6 is 11.6 Å². The van der Waals surface area contributed by atoms with Gasteiger partial charge in [-0.2, -0.15) is 0 Å². The molecule has 0 radical (unpaired) electrons. The monoisotopic (exact) mass is 401 g/mol. The number of nitrogens with zero attached hydrogens (tertiary/aromatic N) is 1. The SMILES string of the molecule is COc1cc(Cl)c(C)cc1NC(=O)CN1C(=O)N[C@@](C)(c2ccccc2)C1=O. The highest BCUT2D eigenvalue weighted by Crippen LogP contribution is 2.31. The number of imide groups is 1.